The van der Waals surface area contributed by atoms with Crippen LogP contribution in [0.4, 0.5) is 17.1 Å². The number of aromatic nitrogens is 4. The van der Waals surface area contributed by atoms with Gasteiger partial charge in [-0.25, -0.2) is 14.8 Å². The topological polar surface area (TPSA) is 115 Å². The average molecular weight is 785 g/mol. The summed E-state index contributed by atoms with van der Waals surface area (Å²) in [4.78, 5) is 27.5. The van der Waals surface area contributed by atoms with Crippen molar-refractivity contribution < 1.29 is 19.4 Å². The zero-order valence-electron chi connectivity index (χ0n) is 30.1. The van der Waals surface area contributed by atoms with E-state index in [9.17, 15) is 9.90 Å². The quantitative estimate of drug-likeness (QED) is 0.0581. The molecule has 276 valence electrons. The van der Waals surface area contributed by atoms with Crippen molar-refractivity contribution in [3.8, 4) is 43.1 Å². The number of anilines is 3. The molecule has 0 amide bonds. The van der Waals surface area contributed by atoms with Gasteiger partial charge in [-0.05, 0) is 97.3 Å². The van der Waals surface area contributed by atoms with Gasteiger partial charge < -0.3 is 19.5 Å². The van der Waals surface area contributed by atoms with Crippen LogP contribution in [0.15, 0.2) is 103 Å². The highest BCUT2D eigenvalue weighted by Crippen LogP contribution is 2.41. The Hall–Kier alpha value is -5.94. The van der Waals surface area contributed by atoms with Crippen molar-refractivity contribution in [1.29, 1.82) is 0 Å². The fourth-order valence-electron chi connectivity index (χ4n) is 5.77. The number of carboxylic acid groups (broad SMARTS) is 1. The van der Waals surface area contributed by atoms with E-state index in [0.717, 1.165) is 98.1 Å². The number of unbranched alkanes of at least 4 members (excludes halogenated alkanes) is 2. The molecular formula is C42H36N6O4S3. The Balaban J connectivity index is 1.14. The van der Waals surface area contributed by atoms with E-state index in [1.165, 1.54) is 17.4 Å². The molecule has 7 aromatic rings. The van der Waals surface area contributed by atoms with Crippen LogP contribution in [0.3, 0.4) is 0 Å². The molecule has 55 heavy (non-hydrogen) atoms. The number of hydrogen-bond acceptors (Lipinski definition) is 11. The van der Waals surface area contributed by atoms with Gasteiger partial charge in [-0.15, -0.1) is 22.7 Å². The molecule has 0 aliphatic carbocycles. The summed E-state index contributed by atoms with van der Waals surface area (Å²) in [7, 11) is 0. The van der Waals surface area contributed by atoms with Crippen LogP contribution < -0.4 is 14.4 Å². The number of carboxylic acids is 1. The Labute approximate surface area is 331 Å². The minimum absolute atomic E-state index is 0.366. The molecule has 3 heterocycles. The molecule has 10 nitrogen and oxygen atoms in total. The first-order valence-corrected chi connectivity index (χ1v) is 20.2. The minimum atomic E-state index is -1.27. The summed E-state index contributed by atoms with van der Waals surface area (Å²) in [6.07, 6.45) is 8.98. The van der Waals surface area contributed by atoms with Gasteiger partial charge in [-0.1, -0.05) is 38.8 Å². The lowest BCUT2D eigenvalue weighted by Gasteiger charge is -2.26. The summed E-state index contributed by atoms with van der Waals surface area (Å²) in [5, 5.41) is 10.7. The molecule has 13 heteroatoms. The zero-order chi connectivity index (χ0) is 38.1. The van der Waals surface area contributed by atoms with Crippen LogP contribution in [0, 0.1) is 6.57 Å². The lowest BCUT2D eigenvalue weighted by molar-refractivity contribution is -0.132. The minimum Gasteiger partial charge on any atom is -0.494 e. The Kier molecular flexibility index (Phi) is 11.9. The molecule has 7 rings (SSSR count). The number of aliphatic carboxylic acids is 1. The second-order valence-electron chi connectivity index (χ2n) is 12.4. The third-order valence-electron chi connectivity index (χ3n) is 8.66. The first-order valence-electron chi connectivity index (χ1n) is 17.8. The Morgan fingerprint density at radius 2 is 1.25 bits per heavy atom. The van der Waals surface area contributed by atoms with Gasteiger partial charge in [0.2, 0.25) is 0 Å². The summed E-state index contributed by atoms with van der Waals surface area (Å²) in [5.41, 5.74) is 6.77. The van der Waals surface area contributed by atoms with Crippen LogP contribution in [0.5, 0.6) is 11.5 Å². The van der Waals surface area contributed by atoms with Gasteiger partial charge in [0, 0.05) is 45.5 Å². The molecule has 0 fully saturated rings. The SMILES string of the molecule is [C-]#[N+]/C(=C\c1cnc(-c2ccc(-c3ncc(-c4ccc(N(c5ccc(OCCCC)cc5)c5ccc(OCCCC)cc5)cc4)s3)c3nsnc23)s1)C(=O)O. The van der Waals surface area contributed by atoms with Crippen molar-refractivity contribution in [2.75, 3.05) is 18.1 Å². The van der Waals surface area contributed by atoms with Gasteiger partial charge in [0.05, 0.1) is 36.4 Å². The first-order chi connectivity index (χ1) is 26.9. The first kappa shape index (κ1) is 37.4. The number of thiazole rings is 2. The van der Waals surface area contributed by atoms with Crippen LogP contribution >= 0.6 is 34.4 Å². The number of ether oxygens (including phenoxy) is 2. The van der Waals surface area contributed by atoms with Gasteiger partial charge in [-0.2, -0.15) is 8.75 Å². The normalized spacial score (nSPS) is 11.4. The van der Waals surface area contributed by atoms with E-state index in [2.05, 4.69) is 85.9 Å². The Morgan fingerprint density at radius 3 is 1.76 bits per heavy atom. The largest absolute Gasteiger partial charge is 0.494 e. The smallest absolute Gasteiger partial charge is 0.333 e. The Morgan fingerprint density at radius 1 is 0.745 bits per heavy atom. The van der Waals surface area contributed by atoms with Crippen LogP contribution in [0.2, 0.25) is 0 Å². The zero-order valence-corrected chi connectivity index (χ0v) is 32.6. The van der Waals surface area contributed by atoms with E-state index >= 15 is 0 Å². The van der Waals surface area contributed by atoms with Crippen molar-refractivity contribution in [3.63, 3.8) is 0 Å². The molecule has 3 aromatic heterocycles. The summed E-state index contributed by atoms with van der Waals surface area (Å²) >= 11 is 3.99. The third-order valence-corrected chi connectivity index (χ3v) is 11.2. The van der Waals surface area contributed by atoms with Gasteiger partial charge >= 0.3 is 5.97 Å². The van der Waals surface area contributed by atoms with Gasteiger partial charge in [-0.3, -0.25) is 4.79 Å². The van der Waals surface area contributed by atoms with Gasteiger partial charge in [0.15, 0.2) is 0 Å². The number of benzene rings is 4. The molecule has 0 aliphatic heterocycles. The van der Waals surface area contributed by atoms with Crippen molar-refractivity contribution in [3.05, 3.63) is 119 Å². The van der Waals surface area contributed by atoms with Crippen molar-refractivity contribution >= 4 is 74.5 Å². The fourth-order valence-corrected chi connectivity index (χ4v) is 8.17. The van der Waals surface area contributed by atoms with Crippen LogP contribution in [0.1, 0.15) is 44.4 Å². The number of carbonyl (C=O) groups is 1. The van der Waals surface area contributed by atoms with E-state index in [-0.39, 0.29) is 5.70 Å². The third kappa shape index (κ3) is 8.57. The van der Waals surface area contributed by atoms with Crippen molar-refractivity contribution in [2.45, 2.75) is 39.5 Å². The highest BCUT2D eigenvalue weighted by molar-refractivity contribution is 7.18. The van der Waals surface area contributed by atoms with E-state index in [4.69, 9.17) is 21.0 Å². The molecule has 0 bridgehead atoms. The fraction of sp³-hybridized carbons (Fsp3) is 0.190. The molecule has 4 aromatic carbocycles. The molecule has 0 saturated carbocycles. The molecule has 1 N–H and O–H groups in total. The van der Waals surface area contributed by atoms with Crippen molar-refractivity contribution in [1.82, 2.24) is 18.7 Å². The molecule has 0 unspecified atom stereocenters. The molecule has 0 radical (unpaired) electrons. The highest BCUT2D eigenvalue weighted by atomic mass is 32.1. The lowest BCUT2D eigenvalue weighted by Crippen LogP contribution is -2.10. The maximum Gasteiger partial charge on any atom is 0.333 e. The van der Waals surface area contributed by atoms with Gasteiger partial charge in [0.25, 0.3) is 5.70 Å². The van der Waals surface area contributed by atoms with E-state index in [0.29, 0.717) is 28.6 Å². The molecule has 0 atom stereocenters. The van der Waals surface area contributed by atoms with E-state index in [1.807, 2.05) is 42.6 Å². The predicted octanol–water partition coefficient (Wildman–Crippen LogP) is 11.8. The number of hydrogen-bond donors (Lipinski definition) is 1. The molecule has 0 spiro atoms. The second-order valence-corrected chi connectivity index (χ2v) is 15.1. The maximum atomic E-state index is 11.3. The van der Waals surface area contributed by atoms with E-state index < -0.39 is 5.97 Å². The highest BCUT2D eigenvalue weighted by Gasteiger charge is 2.19. The maximum absolute atomic E-state index is 11.3. The lowest BCUT2D eigenvalue weighted by atomic mass is 10.1. The van der Waals surface area contributed by atoms with Gasteiger partial charge in [0.1, 0.15) is 32.5 Å². The average Bonchev–Trinajstić information content (AvgIpc) is 4.01. The number of fused-ring (bicyclic) bond motifs is 1. The number of nitrogens with zero attached hydrogens (tertiary/aromatic N) is 6. The summed E-state index contributed by atoms with van der Waals surface area (Å²) in [6, 6.07) is 28.8. The Bertz CT molecular complexity index is 2410. The predicted molar refractivity (Wildman–Crippen MR) is 223 cm³/mol. The standard InChI is InChI=1S/C42H36N6O4S3/c1-4-6-22-51-31-16-12-29(13-17-31)48(30-14-18-32(19-15-30)52-23-7-5-2)28-10-8-27(9-11-28)37-26-45-41(54-37)35-21-20-34(38-39(35)47-55-46-38)40-44-25-33(53-40)24-36(43-3)42(49)50/h8-21,24-26H,4-7,22-23H2,1-2H3,(H,49,50)/b36-24-. The van der Waals surface area contributed by atoms with Crippen LogP contribution in [-0.4, -0.2) is 43.0 Å². The molecule has 0 saturated heterocycles. The summed E-state index contributed by atoms with van der Waals surface area (Å²) < 4.78 is 21.1. The second kappa shape index (κ2) is 17.5. The molecule has 0 aliphatic rings. The number of rotatable bonds is 16. The van der Waals surface area contributed by atoms with Crippen LogP contribution in [0.25, 0.3) is 53.5 Å². The summed E-state index contributed by atoms with van der Waals surface area (Å²) in [5.74, 6) is 0.435. The molecular weight excluding hydrogens is 749 g/mol. The van der Waals surface area contributed by atoms with Crippen LogP contribution in [-0.2, 0) is 4.79 Å². The summed E-state index contributed by atoms with van der Waals surface area (Å²) in [6.45, 7) is 12.8. The van der Waals surface area contributed by atoms with E-state index in [1.54, 1.807) is 17.5 Å². The van der Waals surface area contributed by atoms with Crippen molar-refractivity contribution in [2.24, 2.45) is 0 Å². The monoisotopic (exact) mass is 784 g/mol.